The molecule has 4 amide bonds. The fourth-order valence-electron chi connectivity index (χ4n) is 2.79. The molecule has 2 saturated carbocycles. The fourth-order valence-corrected chi connectivity index (χ4v) is 3.65. The molecule has 3 N–H and O–H groups in total. The van der Waals surface area contributed by atoms with E-state index in [1.54, 1.807) is 13.0 Å². The highest BCUT2D eigenvalue weighted by Crippen LogP contribution is 2.28. The normalized spacial score (nSPS) is 17.0. The van der Waals surface area contributed by atoms with Gasteiger partial charge in [0, 0.05) is 17.5 Å². The molecule has 0 spiro atoms. The van der Waals surface area contributed by atoms with Gasteiger partial charge in [-0.1, -0.05) is 30.0 Å². The van der Waals surface area contributed by atoms with Crippen LogP contribution in [0.3, 0.4) is 0 Å². The lowest BCUT2D eigenvalue weighted by atomic mass is 10.1. The number of hydrogen-bond donors (Lipinski definition) is 3. The van der Waals surface area contributed by atoms with Crippen LogP contribution in [0, 0.1) is 0 Å². The van der Waals surface area contributed by atoms with Gasteiger partial charge in [-0.2, -0.15) is 0 Å². The van der Waals surface area contributed by atoms with Gasteiger partial charge in [0.1, 0.15) is 0 Å². The van der Waals surface area contributed by atoms with E-state index in [0.717, 1.165) is 31.1 Å². The third-order valence-corrected chi connectivity index (χ3v) is 5.68. The first-order valence-corrected chi connectivity index (χ1v) is 10.4. The molecule has 2 fully saturated rings. The number of pyridine rings is 1. The number of para-hydroxylation sites is 1. The standard InChI is InChI=1S/C20H22N4O3S/c1-11(18(25)24-20(27)22-13-8-9-13)28-17-10-15(19(26)21-12-6-7-12)14-4-2-3-5-16(14)23-17/h2-5,10-13H,6-9H2,1H3,(H,21,26)(H2,22,24,25,27). The third kappa shape index (κ3) is 4.62. The van der Waals surface area contributed by atoms with Crippen LogP contribution in [0.25, 0.3) is 10.9 Å². The summed E-state index contributed by atoms with van der Waals surface area (Å²) in [5.41, 5.74) is 1.26. The maximum absolute atomic E-state index is 12.7. The summed E-state index contributed by atoms with van der Waals surface area (Å²) in [6.45, 7) is 1.71. The van der Waals surface area contributed by atoms with Gasteiger partial charge in [-0.15, -0.1) is 0 Å². The number of fused-ring (bicyclic) bond motifs is 1. The van der Waals surface area contributed by atoms with Gasteiger partial charge in [-0.3, -0.25) is 14.9 Å². The lowest BCUT2D eigenvalue weighted by Gasteiger charge is -2.13. The van der Waals surface area contributed by atoms with Crippen LogP contribution in [0.15, 0.2) is 35.4 Å². The number of imide groups is 1. The first kappa shape index (κ1) is 18.7. The van der Waals surface area contributed by atoms with Crippen LogP contribution in [0.5, 0.6) is 0 Å². The van der Waals surface area contributed by atoms with Crippen molar-refractivity contribution in [2.45, 2.75) is 55.0 Å². The molecule has 2 aromatic rings. The van der Waals surface area contributed by atoms with E-state index in [2.05, 4.69) is 20.9 Å². The molecule has 4 rings (SSSR count). The molecule has 7 nitrogen and oxygen atoms in total. The number of nitrogens with one attached hydrogen (secondary N) is 3. The summed E-state index contributed by atoms with van der Waals surface area (Å²) in [7, 11) is 0. The van der Waals surface area contributed by atoms with Crippen molar-refractivity contribution in [1.29, 1.82) is 0 Å². The van der Waals surface area contributed by atoms with Crippen LogP contribution in [-0.4, -0.2) is 40.2 Å². The topological polar surface area (TPSA) is 100 Å². The minimum absolute atomic E-state index is 0.121. The minimum Gasteiger partial charge on any atom is -0.349 e. The van der Waals surface area contributed by atoms with E-state index in [1.165, 1.54) is 11.8 Å². The average Bonchev–Trinajstić information content (AvgIpc) is 3.58. The molecule has 146 valence electrons. The summed E-state index contributed by atoms with van der Waals surface area (Å²) >= 11 is 1.23. The molecule has 0 aliphatic heterocycles. The molecule has 1 aromatic heterocycles. The maximum Gasteiger partial charge on any atom is 0.321 e. The zero-order valence-corrected chi connectivity index (χ0v) is 16.3. The number of benzene rings is 1. The van der Waals surface area contributed by atoms with Crippen molar-refractivity contribution < 1.29 is 14.4 Å². The maximum atomic E-state index is 12.7. The lowest BCUT2D eigenvalue weighted by Crippen LogP contribution is -2.43. The molecule has 2 aliphatic carbocycles. The molecular weight excluding hydrogens is 376 g/mol. The SMILES string of the molecule is CC(Sc1cc(C(=O)NC2CC2)c2ccccc2n1)C(=O)NC(=O)NC1CC1. The zero-order valence-electron chi connectivity index (χ0n) is 15.5. The Morgan fingerprint density at radius 1 is 1.07 bits per heavy atom. The van der Waals surface area contributed by atoms with Gasteiger partial charge in [-0.25, -0.2) is 9.78 Å². The molecule has 1 unspecified atom stereocenters. The van der Waals surface area contributed by atoms with Crippen molar-refractivity contribution >= 4 is 40.5 Å². The number of amides is 4. The van der Waals surface area contributed by atoms with Crippen molar-refractivity contribution in [2.24, 2.45) is 0 Å². The smallest absolute Gasteiger partial charge is 0.321 e. The summed E-state index contributed by atoms with van der Waals surface area (Å²) in [6, 6.07) is 9.16. The van der Waals surface area contributed by atoms with E-state index >= 15 is 0 Å². The van der Waals surface area contributed by atoms with Crippen LogP contribution in [-0.2, 0) is 4.79 Å². The van der Waals surface area contributed by atoms with Crippen LogP contribution in [0.4, 0.5) is 4.79 Å². The first-order valence-electron chi connectivity index (χ1n) is 9.48. The lowest BCUT2D eigenvalue weighted by molar-refractivity contribution is -0.119. The van der Waals surface area contributed by atoms with E-state index in [-0.39, 0.29) is 23.9 Å². The summed E-state index contributed by atoms with van der Waals surface area (Å²) in [5.74, 6) is -0.508. The third-order valence-electron chi connectivity index (χ3n) is 4.67. The van der Waals surface area contributed by atoms with Gasteiger partial charge in [0.05, 0.1) is 21.4 Å². The molecule has 1 aromatic carbocycles. The Balaban J connectivity index is 1.49. The van der Waals surface area contributed by atoms with Crippen molar-refractivity contribution in [3.63, 3.8) is 0 Å². The largest absolute Gasteiger partial charge is 0.349 e. The second-order valence-corrected chi connectivity index (χ2v) is 8.63. The average molecular weight is 398 g/mol. The molecule has 1 atom stereocenters. The van der Waals surface area contributed by atoms with Crippen molar-refractivity contribution in [3.8, 4) is 0 Å². The fraction of sp³-hybridized carbons (Fsp3) is 0.400. The van der Waals surface area contributed by atoms with Crippen LogP contribution >= 0.6 is 11.8 Å². The van der Waals surface area contributed by atoms with Gasteiger partial charge in [0.15, 0.2) is 0 Å². The Kier molecular flexibility index (Phi) is 5.21. The number of thioether (sulfide) groups is 1. The number of carbonyl (C=O) groups excluding carboxylic acids is 3. The molecule has 0 radical (unpaired) electrons. The molecule has 8 heteroatoms. The summed E-state index contributed by atoms with van der Waals surface area (Å²) in [4.78, 5) is 41.3. The van der Waals surface area contributed by atoms with E-state index in [9.17, 15) is 14.4 Å². The first-order chi connectivity index (χ1) is 13.5. The quantitative estimate of drug-likeness (QED) is 0.650. The molecule has 28 heavy (non-hydrogen) atoms. The Morgan fingerprint density at radius 2 is 1.75 bits per heavy atom. The number of rotatable bonds is 6. The summed E-state index contributed by atoms with van der Waals surface area (Å²) in [6.07, 6.45) is 3.93. The van der Waals surface area contributed by atoms with E-state index in [0.29, 0.717) is 16.1 Å². The van der Waals surface area contributed by atoms with Gasteiger partial charge in [0.2, 0.25) is 5.91 Å². The highest BCUT2D eigenvalue weighted by molar-refractivity contribution is 8.00. The number of aromatic nitrogens is 1. The number of hydrogen-bond acceptors (Lipinski definition) is 5. The van der Waals surface area contributed by atoms with Crippen LogP contribution < -0.4 is 16.0 Å². The Morgan fingerprint density at radius 3 is 2.46 bits per heavy atom. The van der Waals surface area contributed by atoms with Crippen LogP contribution in [0.1, 0.15) is 43.0 Å². The summed E-state index contributed by atoms with van der Waals surface area (Å²) < 4.78 is 0. The van der Waals surface area contributed by atoms with Crippen molar-refractivity contribution in [1.82, 2.24) is 20.9 Å². The predicted molar refractivity (Wildman–Crippen MR) is 107 cm³/mol. The van der Waals surface area contributed by atoms with Gasteiger partial charge < -0.3 is 10.6 Å². The predicted octanol–water partition coefficient (Wildman–Crippen LogP) is 2.60. The molecule has 0 bridgehead atoms. The van der Waals surface area contributed by atoms with Crippen molar-refractivity contribution in [2.75, 3.05) is 0 Å². The monoisotopic (exact) mass is 398 g/mol. The van der Waals surface area contributed by atoms with E-state index < -0.39 is 11.3 Å². The number of urea groups is 1. The van der Waals surface area contributed by atoms with E-state index in [4.69, 9.17) is 0 Å². The highest BCUT2D eigenvalue weighted by Gasteiger charge is 2.27. The van der Waals surface area contributed by atoms with Crippen LogP contribution in [0.2, 0.25) is 0 Å². The summed E-state index contributed by atoms with van der Waals surface area (Å²) in [5, 5.41) is 8.93. The highest BCUT2D eigenvalue weighted by atomic mass is 32.2. The number of nitrogens with zero attached hydrogens (tertiary/aromatic N) is 1. The molecule has 1 heterocycles. The van der Waals surface area contributed by atoms with Gasteiger partial charge in [0.25, 0.3) is 5.91 Å². The Hall–Kier alpha value is -2.61. The zero-order chi connectivity index (χ0) is 19.7. The Bertz CT molecular complexity index is 940. The Labute approximate surface area is 167 Å². The van der Waals surface area contributed by atoms with E-state index in [1.807, 2.05) is 24.3 Å². The van der Waals surface area contributed by atoms with Gasteiger partial charge >= 0.3 is 6.03 Å². The molecular formula is C20H22N4O3S. The minimum atomic E-state index is -0.530. The second kappa shape index (κ2) is 7.79. The molecule has 0 saturated heterocycles. The van der Waals surface area contributed by atoms with Gasteiger partial charge in [-0.05, 0) is 44.7 Å². The molecule has 2 aliphatic rings. The number of carbonyl (C=O) groups is 3. The second-order valence-electron chi connectivity index (χ2n) is 7.27. The van der Waals surface area contributed by atoms with Crippen molar-refractivity contribution in [3.05, 3.63) is 35.9 Å².